The average Bonchev–Trinajstić information content (AvgIpc) is 3.36. The number of nitrogens with one attached hydrogen (secondary N) is 1. The Morgan fingerprint density at radius 1 is 1.29 bits per heavy atom. The van der Waals surface area contributed by atoms with Crippen molar-refractivity contribution in [2.24, 2.45) is 0 Å². The molecule has 0 amide bonds. The highest BCUT2D eigenvalue weighted by atomic mass is 32.2. The maximum Gasteiger partial charge on any atom is 0.208 e. The normalized spacial score (nSPS) is 13.7. The van der Waals surface area contributed by atoms with Crippen LogP contribution in [0.3, 0.4) is 0 Å². The topological polar surface area (TPSA) is 72.8 Å². The molecule has 2 heterocycles. The Labute approximate surface area is 168 Å². The van der Waals surface area contributed by atoms with E-state index in [-0.39, 0.29) is 5.78 Å². The number of Topliss-reactive ketones (excluding diaryl/α,β-unsaturated/α-hetero) is 1. The molecule has 0 saturated heterocycles. The highest BCUT2D eigenvalue weighted by Crippen LogP contribution is 2.38. The molecule has 0 spiro atoms. The van der Waals surface area contributed by atoms with Crippen molar-refractivity contribution in [3.8, 4) is 11.4 Å². The molecule has 6 nitrogen and oxygen atoms in total. The van der Waals surface area contributed by atoms with E-state index in [2.05, 4.69) is 19.7 Å². The molecule has 146 valence electrons. The van der Waals surface area contributed by atoms with Gasteiger partial charge in [-0.3, -0.25) is 9.89 Å². The number of benzene rings is 1. The molecule has 1 aromatic carbocycles. The number of nitrogens with zero attached hydrogens (tertiary/aromatic N) is 3. The van der Waals surface area contributed by atoms with Crippen LogP contribution in [0.5, 0.6) is 5.75 Å². The van der Waals surface area contributed by atoms with E-state index in [9.17, 15) is 4.79 Å². The molecule has 1 N–H and O–H groups in total. The lowest BCUT2D eigenvalue weighted by Gasteiger charge is -2.11. The second-order valence-electron chi connectivity index (χ2n) is 7.04. The Balaban J connectivity index is 1.48. The number of hydrogen-bond acceptors (Lipinski definition) is 5. The van der Waals surface area contributed by atoms with Gasteiger partial charge in [0.05, 0.1) is 12.4 Å². The number of aryl methyl sites for hydroxylation is 1. The zero-order valence-electron chi connectivity index (χ0n) is 16.4. The van der Waals surface area contributed by atoms with Gasteiger partial charge in [-0.1, -0.05) is 11.8 Å². The lowest BCUT2D eigenvalue weighted by molar-refractivity contribution is 0.102. The predicted octanol–water partition coefficient (Wildman–Crippen LogP) is 4.46. The number of rotatable bonds is 8. The molecule has 1 aliphatic carbocycles. The molecule has 0 aliphatic heterocycles. The number of hydrogen-bond donors (Lipinski definition) is 1. The van der Waals surface area contributed by atoms with E-state index in [0.717, 1.165) is 34.2 Å². The van der Waals surface area contributed by atoms with Crippen LogP contribution in [0.15, 0.2) is 35.5 Å². The van der Waals surface area contributed by atoms with E-state index < -0.39 is 0 Å². The van der Waals surface area contributed by atoms with Crippen molar-refractivity contribution >= 4 is 17.5 Å². The molecule has 0 unspecified atom stereocenters. The zero-order valence-corrected chi connectivity index (χ0v) is 17.2. The number of aromatic amines is 1. The fourth-order valence-corrected chi connectivity index (χ4v) is 4.06. The molecular formula is C21H24N4O2S. The van der Waals surface area contributed by atoms with Crippen molar-refractivity contribution in [2.75, 3.05) is 12.4 Å². The highest BCUT2D eigenvalue weighted by Gasteiger charge is 2.27. The van der Waals surface area contributed by atoms with Crippen molar-refractivity contribution in [1.29, 1.82) is 0 Å². The van der Waals surface area contributed by atoms with Gasteiger partial charge in [-0.2, -0.15) is 0 Å². The number of ketones is 1. The van der Waals surface area contributed by atoms with E-state index in [1.165, 1.54) is 24.6 Å². The number of thioether (sulfide) groups is 1. The third kappa shape index (κ3) is 3.85. The molecular weight excluding hydrogens is 372 g/mol. The maximum atomic E-state index is 12.8. The van der Waals surface area contributed by atoms with Crippen molar-refractivity contribution < 1.29 is 9.53 Å². The van der Waals surface area contributed by atoms with Crippen molar-refractivity contribution in [1.82, 2.24) is 19.7 Å². The summed E-state index contributed by atoms with van der Waals surface area (Å²) in [6.07, 6.45) is 2.35. The van der Waals surface area contributed by atoms with Gasteiger partial charge in [0.2, 0.25) is 5.16 Å². The van der Waals surface area contributed by atoms with Crippen LogP contribution in [0.1, 0.15) is 53.3 Å². The molecule has 3 aromatic rings. The summed E-state index contributed by atoms with van der Waals surface area (Å²) in [6, 6.07) is 9.90. The fraction of sp³-hybridized carbons (Fsp3) is 0.381. The van der Waals surface area contributed by atoms with Crippen LogP contribution < -0.4 is 4.74 Å². The highest BCUT2D eigenvalue weighted by molar-refractivity contribution is 7.99. The number of H-pyrrole nitrogens is 1. The van der Waals surface area contributed by atoms with Crippen LogP contribution in [0.2, 0.25) is 0 Å². The van der Waals surface area contributed by atoms with Gasteiger partial charge in [0, 0.05) is 28.6 Å². The van der Waals surface area contributed by atoms with E-state index in [1.54, 1.807) is 0 Å². The van der Waals surface area contributed by atoms with Gasteiger partial charge < -0.3 is 9.30 Å². The molecule has 4 rings (SSSR count). The van der Waals surface area contributed by atoms with Crippen molar-refractivity contribution in [3.63, 3.8) is 0 Å². The lowest BCUT2D eigenvalue weighted by atomic mass is 10.2. The van der Waals surface area contributed by atoms with Crippen LogP contribution in [0, 0.1) is 13.8 Å². The summed E-state index contributed by atoms with van der Waals surface area (Å²) in [5, 5.41) is 7.85. The van der Waals surface area contributed by atoms with Gasteiger partial charge in [0.15, 0.2) is 5.78 Å². The van der Waals surface area contributed by atoms with Gasteiger partial charge in [0.25, 0.3) is 0 Å². The maximum absolute atomic E-state index is 12.8. The minimum Gasteiger partial charge on any atom is -0.494 e. The van der Waals surface area contributed by atoms with Crippen LogP contribution >= 0.6 is 11.8 Å². The molecule has 1 fully saturated rings. The minimum atomic E-state index is 0.0908. The molecule has 1 aliphatic rings. The Bertz CT molecular complexity index is 987. The predicted molar refractivity (Wildman–Crippen MR) is 110 cm³/mol. The SMILES string of the molecule is CCOc1ccc(-n2c(C)cc(C(=O)CSc3n[nH]c(C4CC4)n3)c2C)cc1. The van der Waals surface area contributed by atoms with Gasteiger partial charge in [-0.05, 0) is 63.9 Å². The van der Waals surface area contributed by atoms with E-state index >= 15 is 0 Å². The number of carbonyl (C=O) groups is 1. The first-order valence-corrected chi connectivity index (χ1v) is 10.6. The van der Waals surface area contributed by atoms with Crippen LogP contribution in [-0.4, -0.2) is 37.9 Å². The summed E-state index contributed by atoms with van der Waals surface area (Å²) < 4.78 is 7.62. The smallest absolute Gasteiger partial charge is 0.208 e. The average molecular weight is 397 g/mol. The molecule has 1 saturated carbocycles. The van der Waals surface area contributed by atoms with Crippen LogP contribution in [-0.2, 0) is 0 Å². The Morgan fingerprint density at radius 3 is 2.71 bits per heavy atom. The Morgan fingerprint density at radius 2 is 2.04 bits per heavy atom. The largest absolute Gasteiger partial charge is 0.494 e. The summed E-state index contributed by atoms with van der Waals surface area (Å²) in [5.41, 5.74) is 3.75. The summed E-state index contributed by atoms with van der Waals surface area (Å²) >= 11 is 1.39. The van der Waals surface area contributed by atoms with E-state index in [0.29, 0.717) is 23.4 Å². The van der Waals surface area contributed by atoms with E-state index in [1.807, 2.05) is 51.1 Å². The third-order valence-electron chi connectivity index (χ3n) is 4.92. The Kier molecular flexibility index (Phi) is 5.26. The quantitative estimate of drug-likeness (QED) is 0.449. The molecule has 28 heavy (non-hydrogen) atoms. The van der Waals surface area contributed by atoms with Crippen LogP contribution in [0.4, 0.5) is 0 Å². The summed E-state index contributed by atoms with van der Waals surface area (Å²) in [7, 11) is 0. The zero-order chi connectivity index (χ0) is 19.7. The number of ether oxygens (including phenoxy) is 1. The molecule has 0 bridgehead atoms. The molecule has 0 atom stereocenters. The van der Waals surface area contributed by atoms with Crippen molar-refractivity contribution in [2.45, 2.75) is 44.7 Å². The second-order valence-corrected chi connectivity index (χ2v) is 7.98. The van der Waals surface area contributed by atoms with Gasteiger partial charge in [0.1, 0.15) is 11.6 Å². The minimum absolute atomic E-state index is 0.0908. The first-order valence-electron chi connectivity index (χ1n) is 9.57. The monoisotopic (exact) mass is 396 g/mol. The lowest BCUT2D eigenvalue weighted by Crippen LogP contribution is -2.06. The fourth-order valence-electron chi connectivity index (χ4n) is 3.37. The second kappa shape index (κ2) is 7.83. The third-order valence-corrected chi connectivity index (χ3v) is 5.76. The summed E-state index contributed by atoms with van der Waals surface area (Å²) in [6.45, 7) is 6.61. The summed E-state index contributed by atoms with van der Waals surface area (Å²) in [5.74, 6) is 2.75. The molecule has 7 heteroatoms. The van der Waals surface area contributed by atoms with Gasteiger partial charge >= 0.3 is 0 Å². The van der Waals surface area contributed by atoms with E-state index in [4.69, 9.17) is 4.74 Å². The van der Waals surface area contributed by atoms with Crippen LogP contribution in [0.25, 0.3) is 5.69 Å². The standard InChI is InChI=1S/C21H24N4O2S/c1-4-27-17-9-7-16(8-10-17)25-13(2)11-18(14(25)3)19(26)12-28-21-22-20(23-24-21)15-5-6-15/h7-11,15H,4-6,12H2,1-3H3,(H,22,23,24). The van der Waals surface area contributed by atoms with Crippen molar-refractivity contribution in [3.05, 3.63) is 53.1 Å². The molecule has 2 aromatic heterocycles. The number of aromatic nitrogens is 4. The van der Waals surface area contributed by atoms with Gasteiger partial charge in [-0.15, -0.1) is 5.10 Å². The first-order chi connectivity index (χ1) is 13.6. The van der Waals surface area contributed by atoms with Gasteiger partial charge in [-0.25, -0.2) is 4.98 Å². The Hall–Kier alpha value is -2.54. The first kappa shape index (κ1) is 18.8. The summed E-state index contributed by atoms with van der Waals surface area (Å²) in [4.78, 5) is 17.3. The molecule has 0 radical (unpaired) electrons. The number of carbonyl (C=O) groups excluding carboxylic acids is 1.